The minimum absolute atomic E-state index is 0.136. The van der Waals surface area contributed by atoms with Gasteiger partial charge >= 0.3 is 0 Å². The van der Waals surface area contributed by atoms with Crippen LogP contribution in [0.2, 0.25) is 0 Å². The summed E-state index contributed by atoms with van der Waals surface area (Å²) in [5.74, 6) is 0.291. The largest absolute Gasteiger partial charge is 0.497 e. The summed E-state index contributed by atoms with van der Waals surface area (Å²) in [7, 11) is 1.60. The van der Waals surface area contributed by atoms with Crippen LogP contribution in [0.1, 0.15) is 22.8 Å². The molecule has 0 bridgehead atoms. The predicted octanol–water partition coefficient (Wildman–Crippen LogP) is 2.72. The zero-order valence-corrected chi connectivity index (χ0v) is 16.7. The Morgan fingerprint density at radius 2 is 1.79 bits per heavy atom. The highest BCUT2D eigenvalue weighted by Crippen LogP contribution is 2.27. The first-order chi connectivity index (χ1) is 14.0. The number of aromatic nitrogens is 2. The summed E-state index contributed by atoms with van der Waals surface area (Å²) in [4.78, 5) is 23.8. The van der Waals surface area contributed by atoms with Crippen LogP contribution in [0.15, 0.2) is 54.7 Å². The maximum Gasteiger partial charge on any atom is 0.255 e. The van der Waals surface area contributed by atoms with Crippen molar-refractivity contribution in [2.75, 3.05) is 20.2 Å². The number of aryl methyl sites for hydroxylation is 1. The van der Waals surface area contributed by atoms with Crippen LogP contribution in [-0.2, 0) is 4.79 Å². The number of nitrogens with one attached hydrogen (secondary N) is 2. The van der Waals surface area contributed by atoms with Crippen LogP contribution in [0.25, 0.3) is 16.9 Å². The van der Waals surface area contributed by atoms with Crippen molar-refractivity contribution < 1.29 is 14.3 Å². The quantitative estimate of drug-likeness (QED) is 0.606. The lowest BCUT2D eigenvalue weighted by molar-refractivity contribution is -0.118. The monoisotopic (exact) mass is 392 g/mol. The zero-order chi connectivity index (χ0) is 20.8. The second kappa shape index (κ2) is 9.05. The lowest BCUT2D eigenvalue weighted by atomic mass is 10.1. The summed E-state index contributed by atoms with van der Waals surface area (Å²) in [6, 6.07) is 15.3. The highest BCUT2D eigenvalue weighted by atomic mass is 16.5. The molecule has 7 heteroatoms. The van der Waals surface area contributed by atoms with Gasteiger partial charge in [0, 0.05) is 31.8 Å². The molecule has 2 amide bonds. The number of hydrogen-bond donors (Lipinski definition) is 2. The first-order valence-corrected chi connectivity index (χ1v) is 9.31. The van der Waals surface area contributed by atoms with E-state index in [1.165, 1.54) is 6.92 Å². The van der Waals surface area contributed by atoms with Gasteiger partial charge < -0.3 is 15.4 Å². The topological polar surface area (TPSA) is 85.2 Å². The van der Waals surface area contributed by atoms with Crippen LogP contribution >= 0.6 is 0 Å². The number of amides is 2. The van der Waals surface area contributed by atoms with Crippen molar-refractivity contribution in [3.05, 3.63) is 65.9 Å². The molecule has 1 aromatic heterocycles. The average Bonchev–Trinajstić information content (AvgIpc) is 3.17. The van der Waals surface area contributed by atoms with E-state index in [1.807, 2.05) is 55.5 Å². The SMILES string of the molecule is COc1cccc(-c2nn(-c3ccc(C)cc3)cc2C(=O)NCCNC(C)=O)c1. The minimum atomic E-state index is -0.258. The van der Waals surface area contributed by atoms with E-state index in [1.54, 1.807) is 18.0 Å². The molecule has 0 aliphatic rings. The molecule has 0 fully saturated rings. The van der Waals surface area contributed by atoms with Crippen LogP contribution in [0, 0.1) is 6.92 Å². The Hall–Kier alpha value is -3.61. The smallest absolute Gasteiger partial charge is 0.255 e. The van der Waals surface area contributed by atoms with E-state index in [9.17, 15) is 9.59 Å². The summed E-state index contributed by atoms with van der Waals surface area (Å²) in [5.41, 5.74) is 3.78. The van der Waals surface area contributed by atoms with Crippen molar-refractivity contribution in [1.82, 2.24) is 20.4 Å². The van der Waals surface area contributed by atoms with Gasteiger partial charge in [-0.3, -0.25) is 9.59 Å². The Morgan fingerprint density at radius 3 is 2.48 bits per heavy atom. The fourth-order valence-corrected chi connectivity index (χ4v) is 2.86. The summed E-state index contributed by atoms with van der Waals surface area (Å²) in [6.07, 6.45) is 1.72. The molecule has 3 rings (SSSR count). The first-order valence-electron chi connectivity index (χ1n) is 9.31. The minimum Gasteiger partial charge on any atom is -0.497 e. The molecule has 3 aromatic rings. The molecule has 0 radical (unpaired) electrons. The maximum atomic E-state index is 12.8. The van der Waals surface area contributed by atoms with Crippen LogP contribution < -0.4 is 15.4 Å². The number of rotatable bonds is 7. The van der Waals surface area contributed by atoms with Crippen molar-refractivity contribution >= 4 is 11.8 Å². The Kier molecular flexibility index (Phi) is 6.29. The molecule has 0 atom stereocenters. The Labute approximate surface area is 169 Å². The maximum absolute atomic E-state index is 12.8. The fourth-order valence-electron chi connectivity index (χ4n) is 2.86. The molecule has 1 heterocycles. The van der Waals surface area contributed by atoms with Gasteiger partial charge in [0.2, 0.25) is 5.91 Å². The van der Waals surface area contributed by atoms with Gasteiger partial charge in [0.05, 0.1) is 18.4 Å². The van der Waals surface area contributed by atoms with Crippen molar-refractivity contribution in [2.24, 2.45) is 0 Å². The molecular weight excluding hydrogens is 368 g/mol. The number of hydrogen-bond acceptors (Lipinski definition) is 4. The van der Waals surface area contributed by atoms with Crippen LogP contribution in [0.4, 0.5) is 0 Å². The summed E-state index contributed by atoms with van der Waals surface area (Å²) in [5, 5.41) is 10.2. The number of ether oxygens (including phenoxy) is 1. The third-order valence-electron chi connectivity index (χ3n) is 4.39. The van der Waals surface area contributed by atoms with Crippen LogP contribution in [0.3, 0.4) is 0 Å². The molecule has 0 spiro atoms. The van der Waals surface area contributed by atoms with E-state index in [2.05, 4.69) is 15.7 Å². The second-order valence-electron chi connectivity index (χ2n) is 6.64. The van der Waals surface area contributed by atoms with Gasteiger partial charge in [-0.05, 0) is 31.2 Å². The normalized spacial score (nSPS) is 10.4. The van der Waals surface area contributed by atoms with Crippen molar-refractivity contribution in [3.63, 3.8) is 0 Å². The molecule has 29 heavy (non-hydrogen) atoms. The Balaban J connectivity index is 1.94. The number of benzene rings is 2. The molecule has 7 nitrogen and oxygen atoms in total. The first kappa shape index (κ1) is 20.1. The second-order valence-corrected chi connectivity index (χ2v) is 6.64. The molecule has 2 aromatic carbocycles. The van der Waals surface area contributed by atoms with E-state index >= 15 is 0 Å². The molecule has 150 valence electrons. The van der Waals surface area contributed by atoms with Crippen molar-refractivity contribution in [1.29, 1.82) is 0 Å². The van der Waals surface area contributed by atoms with Gasteiger partial charge in [-0.1, -0.05) is 29.8 Å². The van der Waals surface area contributed by atoms with Gasteiger partial charge in [-0.2, -0.15) is 5.10 Å². The van der Waals surface area contributed by atoms with Gasteiger partial charge in [-0.25, -0.2) is 4.68 Å². The number of nitrogens with zero attached hydrogens (tertiary/aromatic N) is 2. The standard InChI is InChI=1S/C22H24N4O3/c1-15-7-9-18(10-8-15)26-14-20(22(28)24-12-11-23-16(2)27)21(25-26)17-5-4-6-19(13-17)29-3/h4-10,13-14H,11-12H2,1-3H3,(H,23,27)(H,24,28). The molecule has 0 saturated heterocycles. The number of carbonyl (C=O) groups excluding carboxylic acids is 2. The van der Waals surface area contributed by atoms with E-state index in [0.717, 1.165) is 16.8 Å². The highest BCUT2D eigenvalue weighted by molar-refractivity contribution is 6.00. The lowest BCUT2D eigenvalue weighted by Crippen LogP contribution is -2.33. The molecule has 0 aliphatic carbocycles. The van der Waals surface area contributed by atoms with E-state index in [0.29, 0.717) is 30.1 Å². The molecule has 0 saturated carbocycles. The summed E-state index contributed by atoms with van der Waals surface area (Å²) < 4.78 is 7.00. The van der Waals surface area contributed by atoms with Gasteiger partial charge in [0.25, 0.3) is 5.91 Å². The summed E-state index contributed by atoms with van der Waals surface area (Å²) >= 11 is 0. The van der Waals surface area contributed by atoms with Gasteiger partial charge in [0.15, 0.2) is 0 Å². The fraction of sp³-hybridized carbons (Fsp3) is 0.227. The van der Waals surface area contributed by atoms with Crippen molar-refractivity contribution in [2.45, 2.75) is 13.8 Å². The highest BCUT2D eigenvalue weighted by Gasteiger charge is 2.19. The number of carbonyl (C=O) groups is 2. The Bertz CT molecular complexity index is 1010. The molecular formula is C22H24N4O3. The van der Waals surface area contributed by atoms with Crippen LogP contribution in [-0.4, -0.2) is 41.8 Å². The average molecular weight is 392 g/mol. The third kappa shape index (κ3) is 5.01. The molecule has 0 aliphatic heterocycles. The molecule has 2 N–H and O–H groups in total. The Morgan fingerprint density at radius 1 is 1.07 bits per heavy atom. The van der Waals surface area contributed by atoms with Gasteiger partial charge in [-0.15, -0.1) is 0 Å². The molecule has 0 unspecified atom stereocenters. The van der Waals surface area contributed by atoms with E-state index in [4.69, 9.17) is 4.74 Å². The predicted molar refractivity (Wildman–Crippen MR) is 111 cm³/mol. The van der Waals surface area contributed by atoms with Crippen LogP contribution in [0.5, 0.6) is 5.75 Å². The zero-order valence-electron chi connectivity index (χ0n) is 16.7. The third-order valence-corrected chi connectivity index (χ3v) is 4.39. The lowest BCUT2D eigenvalue weighted by Gasteiger charge is -2.07. The van der Waals surface area contributed by atoms with Gasteiger partial charge in [0.1, 0.15) is 11.4 Å². The van der Waals surface area contributed by atoms with Crippen molar-refractivity contribution in [3.8, 4) is 22.7 Å². The summed E-state index contributed by atoms with van der Waals surface area (Å²) in [6.45, 7) is 4.14. The van der Waals surface area contributed by atoms with E-state index in [-0.39, 0.29) is 11.8 Å². The van der Waals surface area contributed by atoms with E-state index < -0.39 is 0 Å². The number of methoxy groups -OCH3 is 1.